The zero-order valence-corrected chi connectivity index (χ0v) is 21.8. The fourth-order valence-corrected chi connectivity index (χ4v) is 5.75. The number of carbonyl (C=O) groups excluding carboxylic acids is 2. The maximum absolute atomic E-state index is 13.4. The highest BCUT2D eigenvalue weighted by Gasteiger charge is 2.47. The van der Waals surface area contributed by atoms with Gasteiger partial charge in [-0.05, 0) is 79.0 Å². The molecule has 3 N–H and O–H groups in total. The molecule has 2 atom stereocenters. The molecule has 2 unspecified atom stereocenters. The van der Waals surface area contributed by atoms with Gasteiger partial charge in [0, 0.05) is 17.0 Å². The normalized spacial score (nSPS) is 20.9. The van der Waals surface area contributed by atoms with E-state index in [2.05, 4.69) is 27.7 Å². The molecule has 184 valence electrons. The lowest BCUT2D eigenvalue weighted by atomic mass is 9.83. The Labute approximate surface area is 207 Å². The molecular weight excluding hydrogens is 446 g/mol. The number of phenolic OH excluding ortho intramolecular Hbond substituents is 1. The van der Waals surface area contributed by atoms with Crippen molar-refractivity contribution in [3.05, 3.63) is 53.1 Å². The maximum atomic E-state index is 13.4. The lowest BCUT2D eigenvalue weighted by Gasteiger charge is -2.39. The second-order valence-electron chi connectivity index (χ2n) is 10.5. The number of carbonyl (C=O) groups is 2. The van der Waals surface area contributed by atoms with E-state index in [1.54, 1.807) is 12.1 Å². The van der Waals surface area contributed by atoms with Crippen molar-refractivity contribution in [2.75, 3.05) is 5.73 Å². The van der Waals surface area contributed by atoms with Crippen LogP contribution in [0.15, 0.2) is 41.3 Å². The predicted molar refractivity (Wildman–Crippen MR) is 138 cm³/mol. The molecule has 1 fully saturated rings. The second-order valence-corrected chi connectivity index (χ2v) is 11.6. The van der Waals surface area contributed by atoms with E-state index in [1.807, 2.05) is 31.2 Å². The molecule has 1 heterocycles. The number of ether oxygens (including phenoxy) is 1. The van der Waals surface area contributed by atoms with Gasteiger partial charge in [-0.15, -0.1) is 11.8 Å². The van der Waals surface area contributed by atoms with Gasteiger partial charge in [-0.25, -0.2) is 0 Å². The van der Waals surface area contributed by atoms with Crippen LogP contribution >= 0.6 is 11.8 Å². The first kappa shape index (κ1) is 26.1. The Hall–Kier alpha value is -2.47. The summed E-state index contributed by atoms with van der Waals surface area (Å²) < 4.78 is 6.10. The lowest BCUT2D eigenvalue weighted by Crippen LogP contribution is -2.49. The average molecular weight is 484 g/mol. The number of hydrogen-bond acceptors (Lipinski definition) is 6. The molecule has 0 spiro atoms. The monoisotopic (exact) mass is 483 g/mol. The van der Waals surface area contributed by atoms with Crippen LogP contribution in [0.3, 0.4) is 0 Å². The fraction of sp³-hybridized carbons (Fsp3) is 0.500. The number of esters is 1. The summed E-state index contributed by atoms with van der Waals surface area (Å²) in [5.74, 6) is -0.300. The molecule has 0 saturated carbocycles. The van der Waals surface area contributed by atoms with Crippen molar-refractivity contribution in [2.24, 2.45) is 0 Å². The number of ketones is 1. The summed E-state index contributed by atoms with van der Waals surface area (Å²) in [6, 6.07) is 11.0. The Balaban J connectivity index is 1.82. The zero-order valence-electron chi connectivity index (χ0n) is 20.9. The van der Waals surface area contributed by atoms with E-state index in [4.69, 9.17) is 10.5 Å². The van der Waals surface area contributed by atoms with Crippen LogP contribution in [0.1, 0.15) is 76.5 Å². The third-order valence-electron chi connectivity index (χ3n) is 6.53. The summed E-state index contributed by atoms with van der Waals surface area (Å²) in [4.78, 5) is 27.5. The molecule has 0 aliphatic carbocycles. The number of nitrogens with two attached hydrogens (primary N) is 1. The highest BCUT2D eigenvalue weighted by Crippen LogP contribution is 2.42. The Kier molecular flexibility index (Phi) is 8.02. The number of anilines is 1. The van der Waals surface area contributed by atoms with Gasteiger partial charge >= 0.3 is 5.97 Å². The molecule has 6 heteroatoms. The van der Waals surface area contributed by atoms with Crippen molar-refractivity contribution in [1.82, 2.24) is 0 Å². The Morgan fingerprint density at radius 2 is 1.82 bits per heavy atom. The van der Waals surface area contributed by atoms with Crippen LogP contribution < -0.4 is 5.73 Å². The third kappa shape index (κ3) is 6.15. The van der Waals surface area contributed by atoms with Crippen LogP contribution in [0, 0.1) is 6.92 Å². The molecule has 1 aliphatic rings. The average Bonchev–Trinajstić information content (AvgIpc) is 2.76. The number of aryl methyl sites for hydroxylation is 2. The van der Waals surface area contributed by atoms with Crippen molar-refractivity contribution in [2.45, 2.75) is 94.3 Å². The molecule has 3 rings (SSSR count). The van der Waals surface area contributed by atoms with Gasteiger partial charge in [-0.3, -0.25) is 9.59 Å². The van der Waals surface area contributed by atoms with Crippen LogP contribution in [0.2, 0.25) is 0 Å². The molecule has 1 aliphatic heterocycles. The number of Topliss-reactive ketones (excluding diaryl/α,β-unsaturated/α-hetero) is 1. The third-order valence-corrected chi connectivity index (χ3v) is 7.82. The van der Waals surface area contributed by atoms with E-state index in [9.17, 15) is 14.7 Å². The first-order valence-corrected chi connectivity index (χ1v) is 12.9. The Morgan fingerprint density at radius 3 is 2.41 bits per heavy atom. The molecule has 5 nitrogen and oxygen atoms in total. The van der Waals surface area contributed by atoms with Gasteiger partial charge < -0.3 is 15.6 Å². The van der Waals surface area contributed by atoms with E-state index < -0.39 is 16.8 Å². The number of cyclic esters (lactones) is 1. The molecule has 0 aromatic heterocycles. The molecule has 2 aromatic carbocycles. The molecule has 0 bridgehead atoms. The van der Waals surface area contributed by atoms with E-state index in [0.717, 1.165) is 34.4 Å². The molecule has 0 amide bonds. The summed E-state index contributed by atoms with van der Waals surface area (Å²) in [5, 5.41) is 8.67. The van der Waals surface area contributed by atoms with Gasteiger partial charge in [-0.2, -0.15) is 0 Å². The number of aromatic hydroxyl groups is 1. The molecule has 1 saturated heterocycles. The fourth-order valence-electron chi connectivity index (χ4n) is 4.40. The van der Waals surface area contributed by atoms with Crippen molar-refractivity contribution >= 4 is 29.2 Å². The number of nitrogen functional groups attached to an aromatic ring is 1. The van der Waals surface area contributed by atoms with Gasteiger partial charge in [0.25, 0.3) is 0 Å². The summed E-state index contributed by atoms with van der Waals surface area (Å²) in [6.07, 6.45) is 4.01. The second kappa shape index (κ2) is 10.4. The summed E-state index contributed by atoms with van der Waals surface area (Å²) in [5.41, 5.74) is 8.91. The van der Waals surface area contributed by atoms with E-state index in [1.165, 1.54) is 11.8 Å². The maximum Gasteiger partial charge on any atom is 0.327 e. The quantitative estimate of drug-likeness (QED) is 0.267. The number of rotatable bonds is 8. The topological polar surface area (TPSA) is 89.6 Å². The number of thioether (sulfide) groups is 1. The largest absolute Gasteiger partial charge is 0.508 e. The minimum atomic E-state index is -0.868. The zero-order chi connectivity index (χ0) is 25.1. The van der Waals surface area contributed by atoms with Gasteiger partial charge in [0.1, 0.15) is 11.4 Å². The lowest BCUT2D eigenvalue weighted by molar-refractivity contribution is -0.171. The van der Waals surface area contributed by atoms with Crippen molar-refractivity contribution in [1.29, 1.82) is 0 Å². The minimum absolute atomic E-state index is 0.0719. The van der Waals surface area contributed by atoms with Crippen LogP contribution in [-0.2, 0) is 26.2 Å². The minimum Gasteiger partial charge on any atom is -0.508 e. The van der Waals surface area contributed by atoms with Crippen LogP contribution in [-0.4, -0.2) is 27.7 Å². The molecule has 34 heavy (non-hydrogen) atoms. The number of hydrogen-bond donors (Lipinski definition) is 2. The molecule has 0 radical (unpaired) electrons. The van der Waals surface area contributed by atoms with Crippen molar-refractivity contribution in [3.63, 3.8) is 0 Å². The van der Waals surface area contributed by atoms with E-state index >= 15 is 0 Å². The first-order valence-electron chi connectivity index (χ1n) is 12.0. The number of phenols is 1. The smallest absolute Gasteiger partial charge is 0.327 e. The van der Waals surface area contributed by atoms with Crippen LogP contribution in [0.4, 0.5) is 5.69 Å². The Bertz CT molecular complexity index is 1020. The van der Waals surface area contributed by atoms with Crippen LogP contribution in [0.5, 0.6) is 5.75 Å². The SMILES string of the molecule is CCCCC1(CCc2ccc(O)cc2)CC(=O)C(Sc2cc(C)c(N)cc2C(C)(C)C)C(=O)O1. The van der Waals surface area contributed by atoms with E-state index in [-0.39, 0.29) is 23.4 Å². The van der Waals surface area contributed by atoms with Gasteiger partial charge in [-0.1, -0.05) is 46.2 Å². The molecular formula is C28H37NO4S. The highest BCUT2D eigenvalue weighted by molar-refractivity contribution is 8.01. The standard InChI is InChI=1S/C28H37NO4S/c1-6-7-13-28(14-12-19-8-10-20(30)11-9-19)17-23(31)25(26(32)33-28)34-24-15-18(2)22(29)16-21(24)27(3,4)5/h8-11,15-16,25,30H,6-7,12-14,17,29H2,1-5H3. The number of unbranched alkanes of at least 4 members (excludes halogenated alkanes) is 1. The summed E-state index contributed by atoms with van der Waals surface area (Å²) in [7, 11) is 0. The summed E-state index contributed by atoms with van der Waals surface area (Å²) in [6.45, 7) is 10.3. The van der Waals surface area contributed by atoms with Crippen LogP contribution in [0.25, 0.3) is 0 Å². The van der Waals surface area contributed by atoms with Gasteiger partial charge in [0.15, 0.2) is 11.0 Å². The Morgan fingerprint density at radius 1 is 1.15 bits per heavy atom. The van der Waals surface area contributed by atoms with Gasteiger partial charge in [0.2, 0.25) is 0 Å². The van der Waals surface area contributed by atoms with Gasteiger partial charge in [0.05, 0.1) is 0 Å². The summed E-state index contributed by atoms with van der Waals surface area (Å²) >= 11 is 1.29. The highest BCUT2D eigenvalue weighted by atomic mass is 32.2. The predicted octanol–water partition coefficient (Wildman–Crippen LogP) is 6.12. The number of benzene rings is 2. The van der Waals surface area contributed by atoms with Crippen molar-refractivity contribution < 1.29 is 19.4 Å². The van der Waals surface area contributed by atoms with Crippen molar-refractivity contribution in [3.8, 4) is 5.75 Å². The first-order chi connectivity index (χ1) is 15.9. The van der Waals surface area contributed by atoms with E-state index in [0.29, 0.717) is 24.9 Å². The molecule has 2 aromatic rings.